The molecule has 0 bridgehead atoms. The number of carbonyl (C=O) groups is 1. The summed E-state index contributed by atoms with van der Waals surface area (Å²) in [6, 6.07) is 17.4. The number of para-hydroxylation sites is 1. The number of hydrogen-bond donors (Lipinski definition) is 1. The highest BCUT2D eigenvalue weighted by atomic mass is 35.5. The first-order chi connectivity index (χ1) is 14.3. The van der Waals surface area contributed by atoms with Gasteiger partial charge in [-0.05, 0) is 60.4 Å². The molecule has 0 fully saturated rings. The van der Waals surface area contributed by atoms with Gasteiger partial charge in [0.15, 0.2) is 0 Å². The molecule has 4 rings (SSSR count). The van der Waals surface area contributed by atoms with Crippen LogP contribution in [0, 0.1) is 13.8 Å². The lowest BCUT2D eigenvalue weighted by atomic mass is 10.1. The topological polar surface area (TPSA) is 66.5 Å². The Morgan fingerprint density at radius 3 is 2.47 bits per heavy atom. The molecule has 3 aromatic rings. The highest BCUT2D eigenvalue weighted by molar-refractivity contribution is 7.92. The molecule has 0 saturated heterocycles. The maximum absolute atomic E-state index is 13.2. The number of carbonyl (C=O) groups excluding carboxylic acids is 1. The Kier molecular flexibility index (Phi) is 5.30. The summed E-state index contributed by atoms with van der Waals surface area (Å²) < 4.78 is 28.5. The zero-order valence-electron chi connectivity index (χ0n) is 16.6. The average Bonchev–Trinajstić information content (AvgIpc) is 3.15. The van der Waals surface area contributed by atoms with Gasteiger partial charge in [-0.1, -0.05) is 48.0 Å². The molecule has 1 heterocycles. The monoisotopic (exact) mass is 440 g/mol. The Bertz CT molecular complexity index is 1260. The molecule has 0 atom stereocenters. The maximum Gasteiger partial charge on any atom is 0.261 e. The first-order valence-electron chi connectivity index (χ1n) is 9.51. The van der Waals surface area contributed by atoms with Crippen molar-refractivity contribution < 1.29 is 13.2 Å². The van der Waals surface area contributed by atoms with Crippen LogP contribution in [-0.4, -0.2) is 19.2 Å². The van der Waals surface area contributed by atoms with Crippen molar-refractivity contribution in [2.75, 3.05) is 4.72 Å². The minimum atomic E-state index is -3.83. The zero-order valence-corrected chi connectivity index (χ0v) is 18.2. The number of amides is 1. The van der Waals surface area contributed by atoms with E-state index in [-0.39, 0.29) is 10.8 Å². The Morgan fingerprint density at radius 1 is 0.967 bits per heavy atom. The van der Waals surface area contributed by atoms with Crippen molar-refractivity contribution in [1.29, 1.82) is 0 Å². The van der Waals surface area contributed by atoms with Crippen LogP contribution in [0.2, 0.25) is 5.02 Å². The first-order valence-corrected chi connectivity index (χ1v) is 11.4. The van der Waals surface area contributed by atoms with Gasteiger partial charge in [0.25, 0.3) is 15.9 Å². The molecular weight excluding hydrogens is 420 g/mol. The van der Waals surface area contributed by atoms with Gasteiger partial charge in [0.1, 0.15) is 0 Å². The summed E-state index contributed by atoms with van der Waals surface area (Å²) in [6.07, 6.45) is 0. The standard InChI is InChI=1S/C23H21ClN2O3S/c1-15-10-11-18(30(28,29)25-22-9-4-3-6-16(22)2)12-19(15)23(27)26-13-17-7-5-8-21(24)20(17)14-26/h3-12,25H,13-14H2,1-2H3. The fourth-order valence-corrected chi connectivity index (χ4v) is 5.00. The molecule has 0 saturated carbocycles. The van der Waals surface area contributed by atoms with Gasteiger partial charge >= 0.3 is 0 Å². The highest BCUT2D eigenvalue weighted by Gasteiger charge is 2.28. The van der Waals surface area contributed by atoms with Gasteiger partial charge in [0, 0.05) is 23.7 Å². The molecule has 0 aliphatic carbocycles. The summed E-state index contributed by atoms with van der Waals surface area (Å²) in [5.74, 6) is -0.215. The van der Waals surface area contributed by atoms with E-state index in [1.165, 1.54) is 12.1 Å². The molecular formula is C23H21ClN2O3S. The van der Waals surface area contributed by atoms with Crippen LogP contribution < -0.4 is 4.72 Å². The summed E-state index contributed by atoms with van der Waals surface area (Å²) in [5, 5.41) is 0.637. The van der Waals surface area contributed by atoms with Gasteiger partial charge in [-0.25, -0.2) is 8.42 Å². The molecule has 0 radical (unpaired) electrons. The minimum Gasteiger partial charge on any atom is -0.330 e. The minimum absolute atomic E-state index is 0.0504. The molecule has 1 N–H and O–H groups in total. The molecule has 1 aliphatic heterocycles. The highest BCUT2D eigenvalue weighted by Crippen LogP contribution is 2.31. The van der Waals surface area contributed by atoms with Gasteiger partial charge < -0.3 is 4.90 Å². The van der Waals surface area contributed by atoms with Gasteiger partial charge in [0.05, 0.1) is 10.6 Å². The third kappa shape index (κ3) is 3.80. The molecule has 0 aromatic heterocycles. The van der Waals surface area contributed by atoms with Crippen LogP contribution in [0.5, 0.6) is 0 Å². The fraction of sp³-hybridized carbons (Fsp3) is 0.174. The number of fused-ring (bicyclic) bond motifs is 1. The molecule has 30 heavy (non-hydrogen) atoms. The average molecular weight is 441 g/mol. The van der Waals surface area contributed by atoms with Crippen molar-refractivity contribution >= 4 is 33.2 Å². The second-order valence-corrected chi connectivity index (χ2v) is 9.53. The zero-order chi connectivity index (χ0) is 21.5. The van der Waals surface area contributed by atoms with Crippen LogP contribution in [0.25, 0.3) is 0 Å². The summed E-state index contributed by atoms with van der Waals surface area (Å²) >= 11 is 6.27. The number of benzene rings is 3. The van der Waals surface area contributed by atoms with Gasteiger partial charge in [-0.15, -0.1) is 0 Å². The molecule has 5 nitrogen and oxygen atoms in total. The van der Waals surface area contributed by atoms with Crippen molar-refractivity contribution in [3.05, 3.63) is 93.5 Å². The predicted molar refractivity (Wildman–Crippen MR) is 118 cm³/mol. The summed E-state index contributed by atoms with van der Waals surface area (Å²) in [4.78, 5) is 14.9. The van der Waals surface area contributed by atoms with E-state index in [0.29, 0.717) is 29.4 Å². The van der Waals surface area contributed by atoms with Crippen molar-refractivity contribution in [2.45, 2.75) is 31.8 Å². The van der Waals surface area contributed by atoms with Crippen LogP contribution in [-0.2, 0) is 23.1 Å². The van der Waals surface area contributed by atoms with E-state index in [1.54, 1.807) is 30.0 Å². The second kappa shape index (κ2) is 7.78. The lowest BCUT2D eigenvalue weighted by molar-refractivity contribution is 0.0750. The number of anilines is 1. The van der Waals surface area contributed by atoms with Crippen LogP contribution in [0.4, 0.5) is 5.69 Å². The molecule has 1 aliphatic rings. The van der Waals surface area contributed by atoms with Crippen molar-refractivity contribution in [3.8, 4) is 0 Å². The number of sulfonamides is 1. The largest absolute Gasteiger partial charge is 0.330 e. The Morgan fingerprint density at radius 2 is 1.73 bits per heavy atom. The summed E-state index contributed by atoms with van der Waals surface area (Å²) in [5.41, 5.74) is 4.36. The van der Waals surface area contributed by atoms with Gasteiger partial charge in [-0.2, -0.15) is 0 Å². The quantitative estimate of drug-likeness (QED) is 0.626. The van der Waals surface area contributed by atoms with Crippen molar-refractivity contribution in [1.82, 2.24) is 4.90 Å². The van der Waals surface area contributed by atoms with E-state index < -0.39 is 10.0 Å². The fourth-order valence-electron chi connectivity index (χ4n) is 3.58. The van der Waals surface area contributed by atoms with Crippen molar-refractivity contribution in [3.63, 3.8) is 0 Å². The number of aryl methyl sites for hydroxylation is 2. The van der Waals surface area contributed by atoms with E-state index >= 15 is 0 Å². The Balaban J connectivity index is 1.63. The van der Waals surface area contributed by atoms with Crippen LogP contribution in [0.1, 0.15) is 32.6 Å². The van der Waals surface area contributed by atoms with E-state index in [4.69, 9.17) is 11.6 Å². The Hall–Kier alpha value is -2.83. The maximum atomic E-state index is 13.2. The van der Waals surface area contributed by atoms with Crippen LogP contribution in [0.3, 0.4) is 0 Å². The first kappa shape index (κ1) is 20.4. The third-order valence-electron chi connectivity index (χ3n) is 5.35. The van der Waals surface area contributed by atoms with Crippen molar-refractivity contribution in [2.24, 2.45) is 0 Å². The third-order valence-corrected chi connectivity index (χ3v) is 7.07. The number of nitrogens with zero attached hydrogens (tertiary/aromatic N) is 1. The SMILES string of the molecule is Cc1ccccc1NS(=O)(=O)c1ccc(C)c(C(=O)N2Cc3cccc(Cl)c3C2)c1. The van der Waals surface area contributed by atoms with Crippen LogP contribution >= 0.6 is 11.6 Å². The van der Waals surface area contributed by atoms with E-state index in [9.17, 15) is 13.2 Å². The lowest BCUT2D eigenvalue weighted by Gasteiger charge is -2.18. The number of halogens is 1. The van der Waals surface area contributed by atoms with Crippen LogP contribution in [0.15, 0.2) is 65.6 Å². The normalized spacial score (nSPS) is 13.2. The summed E-state index contributed by atoms with van der Waals surface area (Å²) in [7, 11) is -3.83. The lowest BCUT2D eigenvalue weighted by Crippen LogP contribution is -2.26. The molecule has 0 unspecified atom stereocenters. The predicted octanol–water partition coefficient (Wildman–Crippen LogP) is 4.91. The molecule has 1 amide bonds. The number of rotatable bonds is 4. The second-order valence-electron chi connectivity index (χ2n) is 7.44. The molecule has 0 spiro atoms. The van der Waals surface area contributed by atoms with Gasteiger partial charge in [0.2, 0.25) is 0 Å². The molecule has 3 aromatic carbocycles. The number of nitrogens with one attached hydrogen (secondary N) is 1. The van der Waals surface area contributed by atoms with E-state index in [2.05, 4.69) is 4.72 Å². The van der Waals surface area contributed by atoms with E-state index in [1.807, 2.05) is 37.3 Å². The summed E-state index contributed by atoms with van der Waals surface area (Å²) in [6.45, 7) is 4.49. The molecule has 154 valence electrons. The van der Waals surface area contributed by atoms with E-state index in [0.717, 1.165) is 22.3 Å². The molecule has 7 heteroatoms. The van der Waals surface area contributed by atoms with Gasteiger partial charge in [-0.3, -0.25) is 9.52 Å². The number of hydrogen-bond acceptors (Lipinski definition) is 3. The Labute approximate surface area is 181 Å². The smallest absolute Gasteiger partial charge is 0.261 e.